The van der Waals surface area contributed by atoms with Crippen molar-refractivity contribution in [3.8, 4) is 11.8 Å². The monoisotopic (exact) mass is 420 g/mol. The molecule has 0 heterocycles. The lowest BCUT2D eigenvalue weighted by Crippen LogP contribution is -2.14. The molecule has 0 aliphatic rings. The number of hydrogen-bond acceptors (Lipinski definition) is 3. The van der Waals surface area contributed by atoms with Crippen molar-refractivity contribution in [3.05, 3.63) is 99.8 Å². The Bertz CT molecular complexity index is 1100. The van der Waals surface area contributed by atoms with Crippen LogP contribution in [0.2, 0.25) is 5.02 Å². The topological polar surface area (TPSA) is 62.1 Å². The number of rotatable bonds is 6. The van der Waals surface area contributed by atoms with E-state index >= 15 is 0 Å². The second-order valence-corrected chi connectivity index (χ2v) is 6.95. The van der Waals surface area contributed by atoms with Gasteiger partial charge in [0, 0.05) is 0 Å². The predicted molar refractivity (Wildman–Crippen MR) is 116 cm³/mol. The molecule has 0 atom stereocenters. The summed E-state index contributed by atoms with van der Waals surface area (Å²) in [4.78, 5) is 12.5. The van der Waals surface area contributed by atoms with Crippen LogP contribution in [0.15, 0.2) is 72.3 Å². The average Bonchev–Trinajstić information content (AvgIpc) is 2.75. The highest BCUT2D eigenvalue weighted by Crippen LogP contribution is 2.26. The van der Waals surface area contributed by atoms with Crippen molar-refractivity contribution >= 4 is 29.3 Å². The largest absolute Gasteiger partial charge is 0.489 e. The molecule has 3 aromatic carbocycles. The van der Waals surface area contributed by atoms with Crippen molar-refractivity contribution in [2.45, 2.75) is 13.5 Å². The molecule has 0 unspecified atom stereocenters. The van der Waals surface area contributed by atoms with Gasteiger partial charge in [0.15, 0.2) is 0 Å². The van der Waals surface area contributed by atoms with E-state index in [1.807, 2.05) is 19.1 Å². The van der Waals surface area contributed by atoms with E-state index in [0.717, 1.165) is 11.1 Å². The van der Waals surface area contributed by atoms with Crippen molar-refractivity contribution < 1.29 is 13.9 Å². The summed E-state index contributed by atoms with van der Waals surface area (Å²) in [6.07, 6.45) is 1.49. The molecule has 0 aliphatic heterocycles. The van der Waals surface area contributed by atoms with Crippen LogP contribution in [0.5, 0.6) is 5.75 Å². The molecule has 3 rings (SSSR count). The van der Waals surface area contributed by atoms with Crippen LogP contribution in [0.1, 0.15) is 16.7 Å². The maximum atomic E-state index is 12.9. The van der Waals surface area contributed by atoms with Crippen molar-refractivity contribution in [1.29, 1.82) is 5.26 Å². The molecular weight excluding hydrogens is 403 g/mol. The summed E-state index contributed by atoms with van der Waals surface area (Å²) in [6.45, 7) is 2.13. The number of anilines is 1. The number of halogens is 2. The summed E-state index contributed by atoms with van der Waals surface area (Å²) in [6, 6.07) is 20.2. The van der Waals surface area contributed by atoms with Crippen LogP contribution in [0.25, 0.3) is 6.08 Å². The minimum atomic E-state index is -0.537. The number of amides is 1. The fraction of sp³-hybridized carbons (Fsp3) is 0.0833. The number of aryl methyl sites for hydroxylation is 1. The van der Waals surface area contributed by atoms with Crippen molar-refractivity contribution in [3.63, 3.8) is 0 Å². The SMILES string of the molecule is Cc1cccc(Cl)c1NC(=O)/C(C#N)=C/c1ccc(OCc2ccc(F)cc2)cc1. The van der Waals surface area contributed by atoms with Crippen LogP contribution >= 0.6 is 11.6 Å². The van der Waals surface area contributed by atoms with Gasteiger partial charge in [-0.3, -0.25) is 4.79 Å². The van der Waals surface area contributed by atoms with Gasteiger partial charge in [-0.05, 0) is 60.0 Å². The molecule has 0 aromatic heterocycles. The Balaban J connectivity index is 1.67. The van der Waals surface area contributed by atoms with E-state index in [2.05, 4.69) is 5.32 Å². The molecule has 6 heteroatoms. The van der Waals surface area contributed by atoms with E-state index in [4.69, 9.17) is 16.3 Å². The molecule has 0 bridgehead atoms. The second-order valence-electron chi connectivity index (χ2n) is 6.54. The zero-order valence-electron chi connectivity index (χ0n) is 16.2. The second kappa shape index (κ2) is 9.73. The number of nitrogens with one attached hydrogen (secondary N) is 1. The first-order valence-corrected chi connectivity index (χ1v) is 9.49. The molecule has 0 radical (unpaired) electrons. The average molecular weight is 421 g/mol. The third kappa shape index (κ3) is 5.47. The van der Waals surface area contributed by atoms with Crippen LogP contribution in [0, 0.1) is 24.1 Å². The fourth-order valence-corrected chi connectivity index (χ4v) is 2.96. The fourth-order valence-electron chi connectivity index (χ4n) is 2.69. The van der Waals surface area contributed by atoms with Crippen LogP contribution in [-0.4, -0.2) is 5.91 Å². The molecule has 4 nitrogen and oxygen atoms in total. The number of para-hydroxylation sites is 1. The normalized spacial score (nSPS) is 10.9. The highest BCUT2D eigenvalue weighted by molar-refractivity contribution is 6.34. The van der Waals surface area contributed by atoms with Gasteiger partial charge in [-0.1, -0.05) is 48.0 Å². The number of ether oxygens (including phenoxy) is 1. The molecule has 150 valence electrons. The Kier molecular flexibility index (Phi) is 6.84. The highest BCUT2D eigenvalue weighted by Gasteiger charge is 2.13. The predicted octanol–water partition coefficient (Wildman–Crippen LogP) is 5.91. The van der Waals surface area contributed by atoms with Gasteiger partial charge in [-0.2, -0.15) is 5.26 Å². The maximum absolute atomic E-state index is 12.9. The van der Waals surface area contributed by atoms with E-state index < -0.39 is 5.91 Å². The third-order valence-electron chi connectivity index (χ3n) is 4.34. The molecule has 0 aliphatic carbocycles. The van der Waals surface area contributed by atoms with Crippen molar-refractivity contribution in [2.75, 3.05) is 5.32 Å². The Morgan fingerprint density at radius 3 is 2.47 bits per heavy atom. The van der Waals surface area contributed by atoms with Gasteiger partial charge in [-0.15, -0.1) is 0 Å². The number of carbonyl (C=O) groups excluding carboxylic acids is 1. The summed E-state index contributed by atoms with van der Waals surface area (Å²) in [5, 5.41) is 12.5. The molecule has 1 N–H and O–H groups in total. The minimum absolute atomic E-state index is 0.0469. The molecule has 0 saturated carbocycles. The number of benzene rings is 3. The van der Waals surface area contributed by atoms with E-state index in [9.17, 15) is 14.4 Å². The van der Waals surface area contributed by atoms with Gasteiger partial charge in [0.2, 0.25) is 0 Å². The molecule has 1 amide bonds. The Hall–Kier alpha value is -3.62. The molecule has 0 fully saturated rings. The van der Waals surface area contributed by atoms with Crippen LogP contribution in [0.3, 0.4) is 0 Å². The van der Waals surface area contributed by atoms with Gasteiger partial charge in [-0.25, -0.2) is 4.39 Å². The van der Waals surface area contributed by atoms with Gasteiger partial charge in [0.25, 0.3) is 5.91 Å². The van der Waals surface area contributed by atoms with Gasteiger partial charge < -0.3 is 10.1 Å². The molecule has 0 spiro atoms. The van der Waals surface area contributed by atoms with Crippen molar-refractivity contribution in [2.24, 2.45) is 0 Å². The van der Waals surface area contributed by atoms with Gasteiger partial charge in [0.05, 0.1) is 10.7 Å². The lowest BCUT2D eigenvalue weighted by atomic mass is 10.1. The first-order chi connectivity index (χ1) is 14.5. The van der Waals surface area contributed by atoms with Gasteiger partial charge in [0.1, 0.15) is 29.8 Å². The van der Waals surface area contributed by atoms with E-state index in [1.54, 1.807) is 48.5 Å². The Morgan fingerprint density at radius 1 is 1.13 bits per heavy atom. The Morgan fingerprint density at radius 2 is 1.83 bits per heavy atom. The van der Waals surface area contributed by atoms with Crippen LogP contribution in [-0.2, 0) is 11.4 Å². The zero-order valence-corrected chi connectivity index (χ0v) is 16.9. The number of nitriles is 1. The molecule has 30 heavy (non-hydrogen) atoms. The number of hydrogen-bond donors (Lipinski definition) is 1. The van der Waals surface area contributed by atoms with Crippen LogP contribution < -0.4 is 10.1 Å². The molecule has 0 saturated heterocycles. The lowest BCUT2D eigenvalue weighted by Gasteiger charge is -2.10. The van der Waals surface area contributed by atoms with Crippen molar-refractivity contribution in [1.82, 2.24) is 0 Å². The quantitative estimate of drug-likeness (QED) is 0.398. The summed E-state index contributed by atoms with van der Waals surface area (Å²) in [5.74, 6) is -0.214. The smallest absolute Gasteiger partial charge is 0.266 e. The van der Waals surface area contributed by atoms with E-state index in [1.165, 1.54) is 18.2 Å². The molecular formula is C24H18ClFN2O2. The summed E-state index contributed by atoms with van der Waals surface area (Å²) in [5.41, 5.74) is 2.75. The maximum Gasteiger partial charge on any atom is 0.266 e. The summed E-state index contributed by atoms with van der Waals surface area (Å²) < 4.78 is 18.6. The lowest BCUT2D eigenvalue weighted by molar-refractivity contribution is -0.112. The van der Waals surface area contributed by atoms with Gasteiger partial charge >= 0.3 is 0 Å². The summed E-state index contributed by atoms with van der Waals surface area (Å²) >= 11 is 6.13. The van der Waals surface area contributed by atoms with E-state index in [0.29, 0.717) is 28.6 Å². The summed E-state index contributed by atoms with van der Waals surface area (Å²) in [7, 11) is 0. The zero-order chi connectivity index (χ0) is 21.5. The number of carbonyl (C=O) groups is 1. The highest BCUT2D eigenvalue weighted by atomic mass is 35.5. The third-order valence-corrected chi connectivity index (χ3v) is 4.65. The van der Waals surface area contributed by atoms with E-state index in [-0.39, 0.29) is 11.4 Å². The number of nitrogens with zero attached hydrogens (tertiary/aromatic N) is 1. The molecule has 3 aromatic rings. The van der Waals surface area contributed by atoms with Crippen LogP contribution in [0.4, 0.5) is 10.1 Å². The minimum Gasteiger partial charge on any atom is -0.489 e. The standard InChI is InChI=1S/C24H18ClFN2O2/c1-16-3-2-4-22(25)23(16)28-24(29)19(14-27)13-17-7-11-21(12-8-17)30-15-18-5-9-20(26)10-6-18/h2-13H,15H2,1H3,(H,28,29)/b19-13+. The Labute approximate surface area is 179 Å². The first kappa shape index (κ1) is 21.1. The first-order valence-electron chi connectivity index (χ1n) is 9.12.